The van der Waals surface area contributed by atoms with Gasteiger partial charge in [-0.3, -0.25) is 4.79 Å². The fraction of sp³-hybridized carbons (Fsp3) is 0.318. The average molecular weight is 353 g/mol. The lowest BCUT2D eigenvalue weighted by Gasteiger charge is -2.16. The van der Waals surface area contributed by atoms with E-state index < -0.39 is 0 Å². The van der Waals surface area contributed by atoms with Gasteiger partial charge in [0, 0.05) is 0 Å². The molecular weight excluding hydrogens is 326 g/mol. The summed E-state index contributed by atoms with van der Waals surface area (Å²) in [6.07, 6.45) is 1.91. The Hall–Kier alpha value is -2.75. The maximum atomic E-state index is 12.5. The van der Waals surface area contributed by atoms with E-state index in [1.807, 2.05) is 49.4 Å². The van der Waals surface area contributed by atoms with Crippen molar-refractivity contribution in [3.05, 3.63) is 72.0 Å². The molecular formula is C22H27NO3. The molecule has 2 N–H and O–H groups in total. The van der Waals surface area contributed by atoms with E-state index in [0.717, 1.165) is 24.0 Å². The predicted molar refractivity (Wildman–Crippen MR) is 105 cm³/mol. The third-order valence-electron chi connectivity index (χ3n) is 4.42. The number of aliphatic hydroxyl groups excluding tert-OH is 1. The van der Waals surface area contributed by atoms with Gasteiger partial charge in [0.05, 0.1) is 24.5 Å². The molecule has 138 valence electrons. The molecule has 0 radical (unpaired) electrons. The van der Waals surface area contributed by atoms with E-state index in [1.165, 1.54) is 0 Å². The van der Waals surface area contributed by atoms with E-state index in [1.54, 1.807) is 12.1 Å². The van der Waals surface area contributed by atoms with Crippen LogP contribution in [-0.4, -0.2) is 17.6 Å². The van der Waals surface area contributed by atoms with Crippen molar-refractivity contribution in [2.24, 2.45) is 5.92 Å². The van der Waals surface area contributed by atoms with Crippen molar-refractivity contribution in [3.8, 4) is 5.75 Å². The molecule has 0 unspecified atom stereocenters. The molecule has 1 amide bonds. The van der Waals surface area contributed by atoms with Crippen LogP contribution in [0.5, 0.6) is 5.75 Å². The van der Waals surface area contributed by atoms with Crippen LogP contribution in [-0.2, 0) is 4.79 Å². The summed E-state index contributed by atoms with van der Waals surface area (Å²) < 4.78 is 5.73. The van der Waals surface area contributed by atoms with E-state index in [0.29, 0.717) is 18.1 Å². The van der Waals surface area contributed by atoms with Gasteiger partial charge in [0.15, 0.2) is 0 Å². The number of benzene rings is 2. The summed E-state index contributed by atoms with van der Waals surface area (Å²) in [6, 6.07) is 16.7. The molecule has 2 rings (SSSR count). The lowest BCUT2D eigenvalue weighted by molar-refractivity contribution is -0.116. The number of aliphatic hydroxyl groups is 1. The van der Waals surface area contributed by atoms with Crippen LogP contribution in [0.15, 0.2) is 60.9 Å². The highest BCUT2D eigenvalue weighted by Crippen LogP contribution is 2.21. The maximum absolute atomic E-state index is 12.5. The molecule has 0 bridgehead atoms. The van der Waals surface area contributed by atoms with E-state index >= 15 is 0 Å². The van der Waals surface area contributed by atoms with E-state index in [2.05, 4.69) is 19.2 Å². The minimum Gasteiger partial charge on any atom is -0.515 e. The van der Waals surface area contributed by atoms with Crippen molar-refractivity contribution >= 4 is 11.5 Å². The fourth-order valence-electron chi connectivity index (χ4n) is 2.45. The van der Waals surface area contributed by atoms with Crippen LogP contribution >= 0.6 is 0 Å². The monoisotopic (exact) mass is 353 g/mol. The van der Waals surface area contributed by atoms with Gasteiger partial charge < -0.3 is 15.2 Å². The number of amides is 1. The lowest BCUT2D eigenvalue weighted by atomic mass is 10.0. The van der Waals surface area contributed by atoms with Gasteiger partial charge in [-0.15, -0.1) is 0 Å². The first-order valence-corrected chi connectivity index (χ1v) is 8.98. The molecule has 2 aromatic carbocycles. The van der Waals surface area contributed by atoms with Crippen molar-refractivity contribution < 1.29 is 14.6 Å². The van der Waals surface area contributed by atoms with Crippen molar-refractivity contribution in [1.29, 1.82) is 0 Å². The van der Waals surface area contributed by atoms with Crippen LogP contribution in [0, 0.1) is 5.92 Å². The van der Waals surface area contributed by atoms with Crippen LogP contribution in [0.2, 0.25) is 0 Å². The number of hydrogen-bond donors (Lipinski definition) is 2. The number of hydrogen-bond acceptors (Lipinski definition) is 3. The van der Waals surface area contributed by atoms with Crippen molar-refractivity contribution in [2.45, 2.75) is 33.2 Å². The second-order valence-electron chi connectivity index (χ2n) is 6.50. The van der Waals surface area contributed by atoms with Crippen molar-refractivity contribution in [1.82, 2.24) is 5.32 Å². The quantitative estimate of drug-likeness (QED) is 0.525. The Morgan fingerprint density at radius 2 is 1.77 bits per heavy atom. The van der Waals surface area contributed by atoms with Gasteiger partial charge in [-0.2, -0.15) is 0 Å². The smallest absolute Gasteiger partial charge is 0.255 e. The van der Waals surface area contributed by atoms with Gasteiger partial charge in [-0.25, -0.2) is 0 Å². The van der Waals surface area contributed by atoms with Crippen LogP contribution in [0.25, 0.3) is 5.57 Å². The number of carbonyl (C=O) groups is 1. The first kappa shape index (κ1) is 19.6. The number of nitrogens with one attached hydrogen (secondary N) is 1. The molecule has 0 spiro atoms. The first-order valence-electron chi connectivity index (χ1n) is 8.98. The highest BCUT2D eigenvalue weighted by Gasteiger charge is 2.16. The van der Waals surface area contributed by atoms with Gasteiger partial charge in [0.25, 0.3) is 5.91 Å². The summed E-state index contributed by atoms with van der Waals surface area (Å²) >= 11 is 0. The van der Waals surface area contributed by atoms with E-state index in [4.69, 9.17) is 4.74 Å². The summed E-state index contributed by atoms with van der Waals surface area (Å²) in [5.74, 6) is 0.925. The summed E-state index contributed by atoms with van der Waals surface area (Å²) in [4.78, 5) is 12.5. The zero-order valence-corrected chi connectivity index (χ0v) is 15.6. The molecule has 0 aliphatic heterocycles. The Labute approximate surface area is 155 Å². The zero-order chi connectivity index (χ0) is 18.9. The molecule has 0 aliphatic rings. The third kappa shape index (κ3) is 5.38. The Kier molecular flexibility index (Phi) is 7.27. The molecule has 0 heterocycles. The first-order chi connectivity index (χ1) is 12.5. The highest BCUT2D eigenvalue weighted by atomic mass is 16.5. The molecule has 4 heteroatoms. The zero-order valence-electron chi connectivity index (χ0n) is 15.6. The van der Waals surface area contributed by atoms with Crippen LogP contribution in [0.4, 0.5) is 0 Å². The molecule has 0 aromatic heterocycles. The standard InChI is InChI=1S/C22H27NO3/c1-4-16(2)15-26-20-12-10-19(11-13-20)21(14-24)22(25)23-17(3)18-8-6-5-7-9-18/h5-14,16-17,24H,4,15H2,1-3H3,(H,23,25)/t16-,17-/m1/s1. The maximum Gasteiger partial charge on any atom is 0.255 e. The molecule has 4 nitrogen and oxygen atoms in total. The second-order valence-corrected chi connectivity index (χ2v) is 6.50. The molecule has 0 aliphatic carbocycles. The molecule has 26 heavy (non-hydrogen) atoms. The van der Waals surface area contributed by atoms with Crippen LogP contribution in [0.1, 0.15) is 44.4 Å². The Morgan fingerprint density at radius 3 is 2.35 bits per heavy atom. The van der Waals surface area contributed by atoms with E-state index in [-0.39, 0.29) is 17.5 Å². The molecule has 2 aromatic rings. The summed E-state index contributed by atoms with van der Waals surface area (Å²) in [7, 11) is 0. The van der Waals surface area contributed by atoms with Gasteiger partial charge in [-0.1, -0.05) is 62.7 Å². The Balaban J connectivity index is 2.02. The molecule has 0 fully saturated rings. The minimum atomic E-state index is -0.322. The van der Waals surface area contributed by atoms with Crippen molar-refractivity contribution in [2.75, 3.05) is 6.61 Å². The van der Waals surface area contributed by atoms with E-state index in [9.17, 15) is 9.90 Å². The molecule has 0 saturated carbocycles. The van der Waals surface area contributed by atoms with Gasteiger partial charge in [0.2, 0.25) is 0 Å². The van der Waals surface area contributed by atoms with Crippen LogP contribution in [0.3, 0.4) is 0 Å². The predicted octanol–water partition coefficient (Wildman–Crippen LogP) is 4.89. The highest BCUT2D eigenvalue weighted by molar-refractivity contribution is 6.19. The van der Waals surface area contributed by atoms with Crippen LogP contribution < -0.4 is 10.1 Å². The topological polar surface area (TPSA) is 58.6 Å². The fourth-order valence-corrected chi connectivity index (χ4v) is 2.45. The Morgan fingerprint density at radius 1 is 1.12 bits per heavy atom. The third-order valence-corrected chi connectivity index (χ3v) is 4.42. The number of rotatable bonds is 8. The van der Waals surface area contributed by atoms with Gasteiger partial charge >= 0.3 is 0 Å². The molecule has 0 saturated heterocycles. The summed E-state index contributed by atoms with van der Waals surface area (Å²) in [5.41, 5.74) is 1.87. The summed E-state index contributed by atoms with van der Waals surface area (Å²) in [6.45, 7) is 6.84. The van der Waals surface area contributed by atoms with Crippen molar-refractivity contribution in [3.63, 3.8) is 0 Å². The van der Waals surface area contributed by atoms with Gasteiger partial charge in [0.1, 0.15) is 5.75 Å². The SMILES string of the molecule is CC[C@@H](C)COc1ccc(C(=CO)C(=O)N[C@H](C)c2ccccc2)cc1. The Bertz CT molecular complexity index is 723. The normalized spacial score (nSPS) is 13.7. The number of carbonyl (C=O) groups excluding carboxylic acids is 1. The minimum absolute atomic E-state index is 0.156. The summed E-state index contributed by atoms with van der Waals surface area (Å²) in [5, 5.41) is 12.5. The number of ether oxygens (including phenoxy) is 1. The van der Waals surface area contributed by atoms with Gasteiger partial charge in [-0.05, 0) is 36.1 Å². The molecule has 2 atom stereocenters. The average Bonchev–Trinajstić information content (AvgIpc) is 2.68. The largest absolute Gasteiger partial charge is 0.515 e. The lowest BCUT2D eigenvalue weighted by Crippen LogP contribution is -2.27. The second kappa shape index (κ2) is 9.66.